The molecule has 0 atom stereocenters. The quantitative estimate of drug-likeness (QED) is 0.794. The van der Waals surface area contributed by atoms with E-state index in [1.54, 1.807) is 0 Å². The fourth-order valence-corrected chi connectivity index (χ4v) is 2.12. The van der Waals surface area contributed by atoms with Crippen LogP contribution in [0.5, 0.6) is 5.75 Å². The summed E-state index contributed by atoms with van der Waals surface area (Å²) in [6, 6.07) is 7.43. The van der Waals surface area contributed by atoms with Gasteiger partial charge in [0.2, 0.25) is 0 Å². The Labute approximate surface area is 124 Å². The minimum absolute atomic E-state index is 0.0635. The Morgan fingerprint density at radius 3 is 2.71 bits per heavy atom. The number of benzene rings is 1. The van der Waals surface area contributed by atoms with Crippen molar-refractivity contribution in [2.75, 3.05) is 20.3 Å². The lowest BCUT2D eigenvalue weighted by Gasteiger charge is -2.28. The largest absolute Gasteiger partial charge is 0.488 e. The first-order chi connectivity index (χ1) is 10.0. The van der Waals surface area contributed by atoms with Crippen LogP contribution in [0.25, 0.3) is 6.08 Å². The van der Waals surface area contributed by atoms with Gasteiger partial charge >= 0.3 is 5.97 Å². The smallest absolute Gasteiger partial charge is 0.325 e. The van der Waals surface area contributed by atoms with E-state index in [4.69, 9.17) is 4.74 Å². The molecule has 1 aromatic rings. The molecule has 2 rings (SSSR count). The van der Waals surface area contributed by atoms with E-state index >= 15 is 0 Å². The topological polar surface area (TPSA) is 55.8 Å². The molecule has 0 unspecified atom stereocenters. The van der Waals surface area contributed by atoms with Gasteiger partial charge in [0.1, 0.15) is 18.9 Å². The van der Waals surface area contributed by atoms with Gasteiger partial charge in [-0.05, 0) is 26.0 Å². The molecule has 0 radical (unpaired) electrons. The van der Waals surface area contributed by atoms with E-state index < -0.39 is 5.97 Å². The second kappa shape index (κ2) is 6.43. The fraction of sp³-hybridized carbons (Fsp3) is 0.375. The molecule has 1 heterocycles. The van der Waals surface area contributed by atoms with Crippen LogP contribution in [0, 0.1) is 0 Å². The average Bonchev–Trinajstić information content (AvgIpc) is 2.50. The normalized spacial score (nSPS) is 13.0. The highest BCUT2D eigenvalue weighted by atomic mass is 16.5. The molecule has 1 aliphatic heterocycles. The molecule has 0 fully saturated rings. The van der Waals surface area contributed by atoms with Crippen LogP contribution in [0.4, 0.5) is 0 Å². The monoisotopic (exact) mass is 289 g/mol. The van der Waals surface area contributed by atoms with Crippen LogP contribution in [-0.2, 0) is 14.3 Å². The van der Waals surface area contributed by atoms with Crippen molar-refractivity contribution in [2.45, 2.75) is 19.9 Å². The third-order valence-electron chi connectivity index (χ3n) is 3.32. The zero-order valence-corrected chi connectivity index (χ0v) is 12.5. The summed E-state index contributed by atoms with van der Waals surface area (Å²) in [7, 11) is 1.31. The zero-order chi connectivity index (χ0) is 15.4. The number of para-hydroxylation sites is 1. The second-order valence-corrected chi connectivity index (χ2v) is 5.10. The number of esters is 1. The van der Waals surface area contributed by atoms with Gasteiger partial charge in [0, 0.05) is 11.6 Å². The van der Waals surface area contributed by atoms with Crippen molar-refractivity contribution in [1.82, 2.24) is 4.90 Å². The molecule has 1 aromatic carbocycles. The molecular formula is C16H19NO4. The van der Waals surface area contributed by atoms with Gasteiger partial charge in [0.05, 0.1) is 12.7 Å². The van der Waals surface area contributed by atoms with Gasteiger partial charge < -0.3 is 14.4 Å². The Morgan fingerprint density at radius 2 is 2.05 bits per heavy atom. The van der Waals surface area contributed by atoms with Crippen molar-refractivity contribution in [2.24, 2.45) is 0 Å². The maximum Gasteiger partial charge on any atom is 0.325 e. The first-order valence-electron chi connectivity index (χ1n) is 6.83. The Balaban J connectivity index is 2.22. The number of fused-ring (bicyclic) bond motifs is 1. The number of ether oxygens (including phenoxy) is 2. The number of hydrogen-bond donors (Lipinski definition) is 0. The maximum absolute atomic E-state index is 12.6. The summed E-state index contributed by atoms with van der Waals surface area (Å²) < 4.78 is 10.2. The number of amides is 1. The molecule has 0 aromatic heterocycles. The predicted molar refractivity (Wildman–Crippen MR) is 78.8 cm³/mol. The standard InChI is InChI=1S/C16H19NO4/c1-11(2)17(9-15(18)20-3)16(19)13-8-12-6-4-5-7-14(12)21-10-13/h4-8,11H,9-10H2,1-3H3. The van der Waals surface area contributed by atoms with Gasteiger partial charge in [0.25, 0.3) is 5.91 Å². The molecule has 0 bridgehead atoms. The minimum Gasteiger partial charge on any atom is -0.488 e. The van der Waals surface area contributed by atoms with Crippen LogP contribution in [-0.4, -0.2) is 43.1 Å². The Kier molecular flexibility index (Phi) is 4.62. The van der Waals surface area contributed by atoms with E-state index in [0.29, 0.717) is 5.57 Å². The lowest BCUT2D eigenvalue weighted by Crippen LogP contribution is -2.42. The Bertz CT molecular complexity index is 577. The first kappa shape index (κ1) is 15.1. The van der Waals surface area contributed by atoms with Crippen molar-refractivity contribution in [3.8, 4) is 5.75 Å². The van der Waals surface area contributed by atoms with Gasteiger partial charge in [-0.15, -0.1) is 0 Å². The van der Waals surface area contributed by atoms with E-state index in [9.17, 15) is 9.59 Å². The third kappa shape index (κ3) is 3.42. The molecule has 0 saturated carbocycles. The zero-order valence-electron chi connectivity index (χ0n) is 12.5. The van der Waals surface area contributed by atoms with Crippen LogP contribution in [0.1, 0.15) is 19.4 Å². The van der Waals surface area contributed by atoms with E-state index in [1.807, 2.05) is 44.2 Å². The van der Waals surface area contributed by atoms with Gasteiger partial charge in [0.15, 0.2) is 0 Å². The van der Waals surface area contributed by atoms with Gasteiger partial charge in [-0.3, -0.25) is 9.59 Å². The van der Waals surface area contributed by atoms with E-state index in [-0.39, 0.29) is 25.1 Å². The van der Waals surface area contributed by atoms with E-state index in [2.05, 4.69) is 4.74 Å². The molecule has 1 aliphatic rings. The lowest BCUT2D eigenvalue weighted by molar-refractivity contribution is -0.147. The minimum atomic E-state index is -0.435. The molecule has 0 N–H and O–H groups in total. The molecule has 112 valence electrons. The number of nitrogens with zero attached hydrogens (tertiary/aromatic N) is 1. The third-order valence-corrected chi connectivity index (χ3v) is 3.32. The van der Waals surface area contributed by atoms with Crippen molar-refractivity contribution < 1.29 is 19.1 Å². The van der Waals surface area contributed by atoms with Crippen LogP contribution in [0.3, 0.4) is 0 Å². The van der Waals surface area contributed by atoms with Crippen LogP contribution in [0.15, 0.2) is 29.8 Å². The molecule has 21 heavy (non-hydrogen) atoms. The molecule has 0 spiro atoms. The molecule has 1 amide bonds. The summed E-state index contributed by atoms with van der Waals surface area (Å²) in [6.07, 6.45) is 1.81. The van der Waals surface area contributed by atoms with Crippen LogP contribution >= 0.6 is 0 Å². The fourth-order valence-electron chi connectivity index (χ4n) is 2.12. The number of hydrogen-bond acceptors (Lipinski definition) is 4. The summed E-state index contributed by atoms with van der Waals surface area (Å²) >= 11 is 0. The van der Waals surface area contributed by atoms with Crippen LogP contribution in [0.2, 0.25) is 0 Å². The van der Waals surface area contributed by atoms with Crippen molar-refractivity contribution in [1.29, 1.82) is 0 Å². The van der Waals surface area contributed by atoms with Gasteiger partial charge in [-0.1, -0.05) is 18.2 Å². The summed E-state index contributed by atoms with van der Waals surface area (Å²) in [5.74, 6) is 0.123. The lowest BCUT2D eigenvalue weighted by atomic mass is 10.1. The molecule has 5 nitrogen and oxygen atoms in total. The van der Waals surface area contributed by atoms with Crippen molar-refractivity contribution in [3.63, 3.8) is 0 Å². The van der Waals surface area contributed by atoms with Crippen LogP contribution < -0.4 is 4.74 Å². The summed E-state index contributed by atoms with van der Waals surface area (Å²) in [5, 5.41) is 0. The van der Waals surface area contributed by atoms with Gasteiger partial charge in [-0.2, -0.15) is 0 Å². The Hall–Kier alpha value is -2.30. The summed E-state index contributed by atoms with van der Waals surface area (Å²) in [6.45, 7) is 3.87. The first-order valence-corrected chi connectivity index (χ1v) is 6.83. The average molecular weight is 289 g/mol. The highest BCUT2D eigenvalue weighted by Crippen LogP contribution is 2.26. The van der Waals surface area contributed by atoms with Crippen molar-refractivity contribution >= 4 is 18.0 Å². The summed E-state index contributed by atoms with van der Waals surface area (Å²) in [5.41, 5.74) is 1.40. The second-order valence-electron chi connectivity index (χ2n) is 5.10. The molecule has 0 saturated heterocycles. The van der Waals surface area contributed by atoms with E-state index in [1.165, 1.54) is 12.0 Å². The maximum atomic E-state index is 12.6. The van der Waals surface area contributed by atoms with Gasteiger partial charge in [-0.25, -0.2) is 0 Å². The predicted octanol–water partition coefficient (Wildman–Crippen LogP) is 1.87. The highest BCUT2D eigenvalue weighted by Gasteiger charge is 2.26. The molecular weight excluding hydrogens is 270 g/mol. The number of carbonyl (C=O) groups excluding carboxylic acids is 2. The van der Waals surface area contributed by atoms with Crippen molar-refractivity contribution in [3.05, 3.63) is 35.4 Å². The number of carbonyl (C=O) groups is 2. The molecule has 5 heteroatoms. The SMILES string of the molecule is COC(=O)CN(C(=O)C1=Cc2ccccc2OC1)C(C)C. The Morgan fingerprint density at radius 1 is 1.33 bits per heavy atom. The van der Waals surface area contributed by atoms with E-state index in [0.717, 1.165) is 11.3 Å². The summed E-state index contributed by atoms with van der Waals surface area (Å²) in [4.78, 5) is 25.5. The number of methoxy groups -OCH3 is 1. The molecule has 0 aliphatic carbocycles. The highest BCUT2D eigenvalue weighted by molar-refractivity contribution is 6.00. The number of rotatable bonds is 4.